The van der Waals surface area contributed by atoms with E-state index in [1.807, 2.05) is 0 Å². The minimum atomic E-state index is -1.33. The van der Waals surface area contributed by atoms with Crippen LogP contribution in [0.2, 0.25) is 0 Å². The molecule has 0 bridgehead atoms. The molecule has 4 N–H and O–H groups in total. The number of carbonyl (C=O) groups excluding carboxylic acids is 1. The quantitative estimate of drug-likeness (QED) is 0.390. The van der Waals surface area contributed by atoms with Crippen molar-refractivity contribution in [2.75, 3.05) is 5.43 Å². The number of nitrogens with one attached hydrogen (secondary N) is 2. The van der Waals surface area contributed by atoms with Crippen LogP contribution in [0.1, 0.15) is 23.2 Å². The van der Waals surface area contributed by atoms with Crippen LogP contribution in [-0.4, -0.2) is 39.8 Å². The summed E-state index contributed by atoms with van der Waals surface area (Å²) in [5, 5.41) is 40.5. The Morgan fingerprint density at radius 1 is 1.12 bits per heavy atom. The van der Waals surface area contributed by atoms with Crippen LogP contribution in [0.4, 0.5) is 5.69 Å². The Kier molecular flexibility index (Phi) is 7.09. The van der Waals surface area contributed by atoms with Gasteiger partial charge in [-0.3, -0.25) is 15.0 Å². The van der Waals surface area contributed by atoms with E-state index in [2.05, 4.69) is 15.8 Å². The molecule has 1 rings (SSSR count). The van der Waals surface area contributed by atoms with Gasteiger partial charge in [0.15, 0.2) is 0 Å². The van der Waals surface area contributed by atoms with E-state index in [-0.39, 0.29) is 17.7 Å². The number of rotatable bonds is 8. The maximum atomic E-state index is 12.0. The molecule has 1 atom stereocenters. The number of amides is 1. The number of hydrogen-bond acceptors (Lipinski definition) is 7. The number of carboxylic acid groups (broad SMARTS) is 2. The first-order valence-corrected chi connectivity index (χ1v) is 6.86. The second-order valence-corrected chi connectivity index (χ2v) is 4.67. The third-order valence-electron chi connectivity index (χ3n) is 2.91. The zero-order valence-electron chi connectivity index (χ0n) is 12.8. The monoisotopic (exact) mass is 343 g/mol. The minimum absolute atomic E-state index is 0.150. The highest BCUT2D eigenvalue weighted by Crippen LogP contribution is 2.10. The van der Waals surface area contributed by atoms with Crippen molar-refractivity contribution in [3.8, 4) is 12.1 Å². The van der Waals surface area contributed by atoms with Gasteiger partial charge in [-0.25, -0.2) is 4.79 Å². The summed E-state index contributed by atoms with van der Waals surface area (Å²) in [6, 6.07) is 7.46. The van der Waals surface area contributed by atoms with Crippen molar-refractivity contribution in [3.63, 3.8) is 0 Å². The Labute approximate surface area is 142 Å². The highest BCUT2D eigenvalue weighted by atomic mass is 16.4. The Morgan fingerprint density at radius 2 is 1.72 bits per heavy atom. The van der Waals surface area contributed by atoms with E-state index in [9.17, 15) is 14.4 Å². The number of hydrazone groups is 1. The van der Waals surface area contributed by atoms with Gasteiger partial charge in [0.1, 0.15) is 18.2 Å². The number of nitriles is 2. The molecule has 0 heterocycles. The van der Waals surface area contributed by atoms with Gasteiger partial charge in [-0.05, 0) is 30.7 Å². The molecule has 0 radical (unpaired) electrons. The van der Waals surface area contributed by atoms with Gasteiger partial charge in [0.2, 0.25) is 5.71 Å². The SMILES string of the molecule is N#CC(C#N)=NNc1ccc(C(=O)NC(CCC(=O)O)C(=O)O)cc1. The zero-order chi connectivity index (χ0) is 18.8. The van der Waals surface area contributed by atoms with Gasteiger partial charge in [-0.2, -0.15) is 15.6 Å². The number of anilines is 1. The van der Waals surface area contributed by atoms with Crippen LogP contribution >= 0.6 is 0 Å². The first-order chi connectivity index (χ1) is 11.9. The number of benzene rings is 1. The lowest BCUT2D eigenvalue weighted by molar-refractivity contribution is -0.140. The van der Waals surface area contributed by atoms with Gasteiger partial charge in [-0.15, -0.1) is 0 Å². The van der Waals surface area contributed by atoms with Crippen LogP contribution in [0.3, 0.4) is 0 Å². The standard InChI is InChI=1S/C15H13N5O5/c16-7-11(8-17)20-19-10-3-1-9(2-4-10)14(23)18-12(15(24)25)5-6-13(21)22/h1-4,12,19H,5-6H2,(H,18,23)(H,21,22)(H,24,25). The molecule has 10 nitrogen and oxygen atoms in total. The summed E-state index contributed by atoms with van der Waals surface area (Å²) < 4.78 is 0. The van der Waals surface area contributed by atoms with Crippen LogP contribution < -0.4 is 10.7 Å². The molecule has 1 aromatic carbocycles. The van der Waals surface area contributed by atoms with Crippen LogP contribution in [0, 0.1) is 22.7 Å². The fourth-order valence-electron chi connectivity index (χ4n) is 1.66. The van der Waals surface area contributed by atoms with Crippen molar-refractivity contribution in [3.05, 3.63) is 29.8 Å². The molecule has 25 heavy (non-hydrogen) atoms. The van der Waals surface area contributed by atoms with E-state index < -0.39 is 30.3 Å². The van der Waals surface area contributed by atoms with Crippen LogP contribution in [0.15, 0.2) is 29.4 Å². The number of nitrogens with zero attached hydrogens (tertiary/aromatic N) is 3. The number of carbonyl (C=O) groups is 3. The molecule has 0 saturated heterocycles. The summed E-state index contributed by atoms with van der Waals surface area (Å²) in [5.74, 6) is -3.17. The topological polar surface area (TPSA) is 176 Å². The minimum Gasteiger partial charge on any atom is -0.481 e. The van der Waals surface area contributed by atoms with Crippen LogP contribution in [0.25, 0.3) is 0 Å². The van der Waals surface area contributed by atoms with Crippen molar-refractivity contribution < 1.29 is 24.6 Å². The lowest BCUT2D eigenvalue weighted by atomic mass is 10.1. The second-order valence-electron chi connectivity index (χ2n) is 4.67. The van der Waals surface area contributed by atoms with Gasteiger partial charge in [-0.1, -0.05) is 0 Å². The normalized spacial score (nSPS) is 10.5. The predicted octanol–water partition coefficient (Wildman–Crippen LogP) is 0.549. The molecule has 0 aliphatic heterocycles. The smallest absolute Gasteiger partial charge is 0.326 e. The maximum Gasteiger partial charge on any atom is 0.326 e. The van der Waals surface area contributed by atoms with E-state index in [1.54, 1.807) is 12.1 Å². The zero-order valence-corrected chi connectivity index (χ0v) is 12.8. The van der Waals surface area contributed by atoms with Crippen LogP contribution in [0.5, 0.6) is 0 Å². The van der Waals surface area contributed by atoms with Gasteiger partial charge in [0, 0.05) is 12.0 Å². The van der Waals surface area contributed by atoms with E-state index in [4.69, 9.17) is 20.7 Å². The lowest BCUT2D eigenvalue weighted by Crippen LogP contribution is -2.41. The Hall–Kier alpha value is -3.92. The van der Waals surface area contributed by atoms with E-state index >= 15 is 0 Å². The van der Waals surface area contributed by atoms with Gasteiger partial charge < -0.3 is 15.5 Å². The molecule has 0 spiro atoms. The largest absolute Gasteiger partial charge is 0.481 e. The average molecular weight is 343 g/mol. The lowest BCUT2D eigenvalue weighted by Gasteiger charge is -2.13. The molecule has 0 aliphatic carbocycles. The van der Waals surface area contributed by atoms with Crippen molar-refractivity contribution in [2.24, 2.45) is 5.10 Å². The fraction of sp³-hybridized carbons (Fsp3) is 0.200. The fourth-order valence-corrected chi connectivity index (χ4v) is 1.66. The Balaban J connectivity index is 2.74. The van der Waals surface area contributed by atoms with Crippen LogP contribution in [-0.2, 0) is 9.59 Å². The Bertz CT molecular complexity index is 757. The summed E-state index contributed by atoms with van der Waals surface area (Å²) in [5.41, 5.74) is 2.64. The molecule has 10 heteroatoms. The summed E-state index contributed by atoms with van der Waals surface area (Å²) >= 11 is 0. The second kappa shape index (κ2) is 9.27. The maximum absolute atomic E-state index is 12.0. The van der Waals surface area contributed by atoms with E-state index in [1.165, 1.54) is 24.3 Å². The summed E-state index contributed by atoms with van der Waals surface area (Å²) in [6.07, 6.45) is -0.631. The summed E-state index contributed by atoms with van der Waals surface area (Å²) in [4.78, 5) is 33.6. The highest BCUT2D eigenvalue weighted by Gasteiger charge is 2.21. The number of hydrogen-bond donors (Lipinski definition) is 4. The predicted molar refractivity (Wildman–Crippen MR) is 84.5 cm³/mol. The van der Waals surface area contributed by atoms with Crippen molar-refractivity contribution in [1.82, 2.24) is 5.32 Å². The first kappa shape index (κ1) is 19.1. The van der Waals surface area contributed by atoms with E-state index in [0.717, 1.165) is 0 Å². The molecule has 1 unspecified atom stereocenters. The van der Waals surface area contributed by atoms with Crippen molar-refractivity contribution >= 4 is 29.2 Å². The molecule has 0 aromatic heterocycles. The molecule has 1 amide bonds. The average Bonchev–Trinajstić information content (AvgIpc) is 2.59. The highest BCUT2D eigenvalue weighted by molar-refractivity contribution is 6.10. The molecular formula is C15H13N5O5. The third kappa shape index (κ3) is 6.38. The summed E-state index contributed by atoms with van der Waals surface area (Å²) in [6.45, 7) is 0. The molecule has 0 fully saturated rings. The van der Waals surface area contributed by atoms with Gasteiger partial charge >= 0.3 is 11.9 Å². The molecule has 0 aliphatic rings. The number of carboxylic acids is 2. The third-order valence-corrected chi connectivity index (χ3v) is 2.91. The molecule has 1 aromatic rings. The van der Waals surface area contributed by atoms with Gasteiger partial charge in [0.05, 0.1) is 5.69 Å². The first-order valence-electron chi connectivity index (χ1n) is 6.86. The number of aliphatic carboxylic acids is 2. The molecule has 128 valence electrons. The van der Waals surface area contributed by atoms with Gasteiger partial charge in [0.25, 0.3) is 5.91 Å². The van der Waals surface area contributed by atoms with Crippen molar-refractivity contribution in [1.29, 1.82) is 10.5 Å². The van der Waals surface area contributed by atoms with Crippen molar-refractivity contribution in [2.45, 2.75) is 18.9 Å². The summed E-state index contributed by atoms with van der Waals surface area (Å²) in [7, 11) is 0. The Morgan fingerprint density at radius 3 is 2.20 bits per heavy atom. The molecular weight excluding hydrogens is 330 g/mol. The van der Waals surface area contributed by atoms with E-state index in [0.29, 0.717) is 5.69 Å². The molecule has 0 saturated carbocycles.